The van der Waals surface area contributed by atoms with Gasteiger partial charge in [0.15, 0.2) is 0 Å². The van der Waals surface area contributed by atoms with Gasteiger partial charge in [-0.05, 0) is 90.5 Å². The van der Waals surface area contributed by atoms with E-state index in [1.807, 2.05) is 37.1 Å². The minimum absolute atomic E-state index is 0.0394. The smallest absolute Gasteiger partial charge is 0.251 e. The number of nitrogens with zero attached hydrogens (tertiary/aromatic N) is 4. The third kappa shape index (κ3) is 5.26. The standard InChI is InChI=1S/C36H43N7O3/c1-7-31-41-42-35(46-31)36(17-20(2)40-19-32(44)43-27(18-37)16-28-21(3)33(28)43)29-12-10-23(22(4)38-5)14-24(29)8-9-25-15-26(34(45)39-6)11-13-30(25)36/h10-15,20-21,27-28,33,38,40H,4,7-9,16-17,19H2,1-3,5-6H3,(H,39,45). The number of aryl methyl sites for hydroxylation is 3. The predicted molar refractivity (Wildman–Crippen MR) is 175 cm³/mol. The number of nitriles is 1. The highest BCUT2D eigenvalue weighted by Gasteiger charge is 2.60. The second-order valence-corrected chi connectivity index (χ2v) is 13.0. The topological polar surface area (TPSA) is 136 Å². The second kappa shape index (κ2) is 12.4. The summed E-state index contributed by atoms with van der Waals surface area (Å²) in [5.41, 5.74) is 5.77. The number of nitrogens with one attached hydrogen (secondary N) is 3. The van der Waals surface area contributed by atoms with Crippen molar-refractivity contribution in [2.45, 2.75) is 76.4 Å². The van der Waals surface area contributed by atoms with Crippen molar-refractivity contribution in [3.63, 3.8) is 0 Å². The Labute approximate surface area is 270 Å². The average molecular weight is 622 g/mol. The Bertz CT molecular complexity index is 1650. The number of carbonyl (C=O) groups is 2. The lowest BCUT2D eigenvalue weighted by molar-refractivity contribution is -0.131. The quantitative estimate of drug-likeness (QED) is 0.312. The van der Waals surface area contributed by atoms with E-state index in [0.29, 0.717) is 48.4 Å². The van der Waals surface area contributed by atoms with Crippen molar-refractivity contribution in [3.8, 4) is 6.07 Å². The summed E-state index contributed by atoms with van der Waals surface area (Å²) in [7, 11) is 3.49. The SMILES string of the molecule is C=C(NC)c1ccc2c(c1)CCc1cc(C(=O)NC)ccc1C2(CC(C)NCC(=O)N1C(C#N)CC2C(C)C21)c1nnc(CC)o1. The molecule has 1 saturated heterocycles. The molecule has 2 heterocycles. The zero-order chi connectivity index (χ0) is 32.7. The van der Waals surface area contributed by atoms with Gasteiger partial charge >= 0.3 is 0 Å². The maximum Gasteiger partial charge on any atom is 0.251 e. The van der Waals surface area contributed by atoms with E-state index in [1.54, 1.807) is 7.05 Å². The summed E-state index contributed by atoms with van der Waals surface area (Å²) in [4.78, 5) is 28.0. The van der Waals surface area contributed by atoms with Crippen LogP contribution in [0.3, 0.4) is 0 Å². The number of hydrogen-bond donors (Lipinski definition) is 3. The monoisotopic (exact) mass is 621 g/mol. The van der Waals surface area contributed by atoms with Gasteiger partial charge in [0.2, 0.25) is 17.7 Å². The van der Waals surface area contributed by atoms with Gasteiger partial charge in [0.1, 0.15) is 11.5 Å². The first-order valence-corrected chi connectivity index (χ1v) is 16.3. The molecular weight excluding hydrogens is 578 g/mol. The van der Waals surface area contributed by atoms with Gasteiger partial charge in [-0.3, -0.25) is 9.59 Å². The predicted octanol–water partition coefficient (Wildman–Crippen LogP) is 3.74. The molecule has 1 aromatic heterocycles. The van der Waals surface area contributed by atoms with Gasteiger partial charge in [-0.15, -0.1) is 10.2 Å². The molecule has 0 bridgehead atoms. The molecule has 2 fully saturated rings. The molecule has 6 rings (SSSR count). The molecule has 3 aromatic rings. The molecule has 6 unspecified atom stereocenters. The lowest BCUT2D eigenvalue weighted by Crippen LogP contribution is -2.47. The third-order valence-electron chi connectivity index (χ3n) is 10.4. The average Bonchev–Trinajstić information content (AvgIpc) is 3.40. The summed E-state index contributed by atoms with van der Waals surface area (Å²) in [5, 5.41) is 28.2. The lowest BCUT2D eigenvalue weighted by atomic mass is 9.68. The molecule has 3 N–H and O–H groups in total. The van der Waals surface area contributed by atoms with Crippen LogP contribution < -0.4 is 16.0 Å². The van der Waals surface area contributed by atoms with E-state index < -0.39 is 5.41 Å². The summed E-state index contributed by atoms with van der Waals surface area (Å²) in [6.07, 6.45) is 3.33. The normalized spacial score (nSPS) is 24.9. The molecule has 0 radical (unpaired) electrons. The number of rotatable bonds is 10. The van der Waals surface area contributed by atoms with Crippen LogP contribution in [-0.4, -0.2) is 65.7 Å². The first-order valence-electron chi connectivity index (χ1n) is 16.3. The Morgan fingerprint density at radius 2 is 1.78 bits per heavy atom. The van der Waals surface area contributed by atoms with Gasteiger partial charge in [0.25, 0.3) is 5.91 Å². The molecule has 2 aromatic carbocycles. The van der Waals surface area contributed by atoms with E-state index in [2.05, 4.69) is 70.8 Å². The molecule has 2 amide bonds. The molecule has 3 aliphatic rings. The maximum atomic E-state index is 13.5. The van der Waals surface area contributed by atoms with Crippen molar-refractivity contribution in [1.82, 2.24) is 31.0 Å². The van der Waals surface area contributed by atoms with E-state index in [0.717, 1.165) is 46.4 Å². The van der Waals surface area contributed by atoms with Crippen molar-refractivity contribution >= 4 is 17.5 Å². The molecule has 240 valence electrons. The summed E-state index contributed by atoms with van der Waals surface area (Å²) in [6.45, 7) is 10.5. The van der Waals surface area contributed by atoms with Gasteiger partial charge < -0.3 is 25.3 Å². The van der Waals surface area contributed by atoms with Crippen molar-refractivity contribution < 1.29 is 14.0 Å². The Morgan fingerprint density at radius 3 is 2.39 bits per heavy atom. The number of benzene rings is 2. The van der Waals surface area contributed by atoms with Crippen molar-refractivity contribution in [2.24, 2.45) is 11.8 Å². The Kier molecular flexibility index (Phi) is 8.47. The van der Waals surface area contributed by atoms with Crippen molar-refractivity contribution in [3.05, 3.63) is 88.1 Å². The number of hydrogen-bond acceptors (Lipinski definition) is 8. The first-order chi connectivity index (χ1) is 22.2. The molecule has 2 aliphatic carbocycles. The van der Waals surface area contributed by atoms with Crippen LogP contribution in [0.25, 0.3) is 5.70 Å². The minimum atomic E-state index is -0.864. The number of carbonyl (C=O) groups excluding carboxylic acids is 2. The molecule has 6 atom stereocenters. The Morgan fingerprint density at radius 1 is 1.11 bits per heavy atom. The number of aromatic nitrogens is 2. The molecular formula is C36H43N7O3. The van der Waals surface area contributed by atoms with Crippen LogP contribution in [0.5, 0.6) is 0 Å². The fraction of sp³-hybridized carbons (Fsp3) is 0.472. The summed E-state index contributed by atoms with van der Waals surface area (Å²) in [5.74, 6) is 1.73. The first kappa shape index (κ1) is 31.5. The van der Waals surface area contributed by atoms with Gasteiger partial charge in [-0.1, -0.05) is 38.6 Å². The zero-order valence-corrected chi connectivity index (χ0v) is 27.3. The van der Waals surface area contributed by atoms with Crippen LogP contribution in [-0.2, 0) is 29.5 Å². The van der Waals surface area contributed by atoms with Crippen LogP contribution in [0.4, 0.5) is 0 Å². The number of likely N-dealkylation sites (tertiary alicyclic amines) is 1. The van der Waals surface area contributed by atoms with E-state index in [4.69, 9.17) is 4.42 Å². The van der Waals surface area contributed by atoms with E-state index in [9.17, 15) is 14.9 Å². The van der Waals surface area contributed by atoms with Gasteiger partial charge in [-0.2, -0.15) is 5.26 Å². The highest BCUT2D eigenvalue weighted by atomic mass is 16.4. The Hall–Kier alpha value is -4.49. The van der Waals surface area contributed by atoms with Crippen LogP contribution in [0.15, 0.2) is 47.4 Å². The van der Waals surface area contributed by atoms with Crippen LogP contribution in [0.2, 0.25) is 0 Å². The number of amides is 2. The van der Waals surface area contributed by atoms with Crippen molar-refractivity contribution in [2.75, 3.05) is 20.6 Å². The molecule has 10 heteroatoms. The highest BCUT2D eigenvalue weighted by molar-refractivity contribution is 5.94. The third-order valence-corrected chi connectivity index (χ3v) is 10.4. The minimum Gasteiger partial charge on any atom is -0.424 e. The summed E-state index contributed by atoms with van der Waals surface area (Å²) < 4.78 is 6.44. The van der Waals surface area contributed by atoms with Gasteiger partial charge in [0.05, 0.1) is 12.6 Å². The van der Waals surface area contributed by atoms with Crippen molar-refractivity contribution in [1.29, 1.82) is 5.26 Å². The van der Waals surface area contributed by atoms with E-state index in [1.165, 1.54) is 0 Å². The van der Waals surface area contributed by atoms with Gasteiger partial charge in [0, 0.05) is 43.9 Å². The second-order valence-electron chi connectivity index (χ2n) is 13.0. The van der Waals surface area contributed by atoms with E-state index in [-0.39, 0.29) is 36.5 Å². The molecule has 1 aliphatic heterocycles. The lowest BCUT2D eigenvalue weighted by Gasteiger charge is -2.36. The fourth-order valence-electron chi connectivity index (χ4n) is 7.83. The van der Waals surface area contributed by atoms with Crippen LogP contribution in [0, 0.1) is 23.2 Å². The number of piperidine rings is 1. The summed E-state index contributed by atoms with van der Waals surface area (Å²) in [6, 6.07) is 14.2. The Balaban J connectivity index is 1.43. The number of fused-ring (bicyclic) bond motifs is 3. The highest BCUT2D eigenvalue weighted by Crippen LogP contribution is 2.53. The molecule has 1 saturated carbocycles. The van der Waals surface area contributed by atoms with Crippen LogP contribution >= 0.6 is 0 Å². The largest absolute Gasteiger partial charge is 0.424 e. The molecule has 10 nitrogen and oxygen atoms in total. The van der Waals surface area contributed by atoms with E-state index >= 15 is 0 Å². The fourth-order valence-corrected chi connectivity index (χ4v) is 7.83. The van der Waals surface area contributed by atoms with Crippen LogP contribution in [0.1, 0.15) is 83.6 Å². The maximum absolute atomic E-state index is 13.5. The summed E-state index contributed by atoms with van der Waals surface area (Å²) >= 11 is 0. The van der Waals surface area contributed by atoms with Gasteiger partial charge in [-0.25, -0.2) is 0 Å². The zero-order valence-electron chi connectivity index (χ0n) is 27.3. The molecule has 0 spiro atoms. The molecule has 46 heavy (non-hydrogen) atoms.